The number of hydrogen-bond donors (Lipinski definition) is 1. The Kier molecular flexibility index (Phi) is 5.67. The first-order chi connectivity index (χ1) is 16.5. The number of aromatic nitrogens is 1. The molecule has 1 N–H and O–H groups in total. The zero-order valence-electron chi connectivity index (χ0n) is 18.3. The normalized spacial score (nSPS) is 15.8. The molecule has 34 heavy (non-hydrogen) atoms. The SMILES string of the molecule is O=C1CC(N(CCc2c[nH]c3ccccc23)C(=O)c2ccc(F)cc2)C(=O)N1c1ccccc1. The number of aromatic amines is 1. The van der Waals surface area contributed by atoms with Crippen LogP contribution in [0.3, 0.4) is 0 Å². The highest BCUT2D eigenvalue weighted by molar-refractivity contribution is 6.23. The van der Waals surface area contributed by atoms with Gasteiger partial charge in [0.1, 0.15) is 11.9 Å². The third kappa shape index (κ3) is 3.96. The number of benzene rings is 3. The summed E-state index contributed by atoms with van der Waals surface area (Å²) in [7, 11) is 0. The number of amides is 3. The maximum absolute atomic E-state index is 13.5. The van der Waals surface area contributed by atoms with Gasteiger partial charge in [0.05, 0.1) is 12.1 Å². The number of carbonyl (C=O) groups excluding carboxylic acids is 3. The minimum atomic E-state index is -0.935. The molecule has 1 aliphatic heterocycles. The number of anilines is 1. The van der Waals surface area contributed by atoms with E-state index in [1.165, 1.54) is 29.2 Å². The monoisotopic (exact) mass is 455 g/mol. The topological polar surface area (TPSA) is 73.5 Å². The molecule has 0 radical (unpaired) electrons. The Morgan fingerprint density at radius 3 is 2.44 bits per heavy atom. The highest BCUT2D eigenvalue weighted by atomic mass is 19.1. The molecule has 3 aromatic carbocycles. The van der Waals surface area contributed by atoms with E-state index in [0.717, 1.165) is 21.4 Å². The van der Waals surface area contributed by atoms with Gasteiger partial charge in [0.15, 0.2) is 0 Å². The Hall–Kier alpha value is -4.26. The lowest BCUT2D eigenvalue weighted by Gasteiger charge is -2.28. The maximum atomic E-state index is 13.5. The van der Waals surface area contributed by atoms with Gasteiger partial charge in [0.25, 0.3) is 11.8 Å². The van der Waals surface area contributed by atoms with Crippen LogP contribution >= 0.6 is 0 Å². The minimum absolute atomic E-state index is 0.103. The van der Waals surface area contributed by atoms with Gasteiger partial charge in [-0.3, -0.25) is 14.4 Å². The molecule has 1 atom stereocenters. The number of H-pyrrole nitrogens is 1. The molecule has 3 amide bonds. The molecule has 1 aromatic heterocycles. The number of imide groups is 1. The third-order valence-electron chi connectivity index (χ3n) is 6.16. The van der Waals surface area contributed by atoms with E-state index in [-0.39, 0.29) is 24.4 Å². The van der Waals surface area contributed by atoms with Gasteiger partial charge in [-0.2, -0.15) is 0 Å². The fourth-order valence-corrected chi connectivity index (χ4v) is 4.44. The number of rotatable bonds is 6. The Bertz CT molecular complexity index is 1360. The Morgan fingerprint density at radius 2 is 1.68 bits per heavy atom. The minimum Gasteiger partial charge on any atom is -0.361 e. The fourth-order valence-electron chi connectivity index (χ4n) is 4.44. The number of para-hydroxylation sites is 2. The summed E-state index contributed by atoms with van der Waals surface area (Å²) in [5.41, 5.74) is 2.73. The predicted molar refractivity (Wildman–Crippen MR) is 127 cm³/mol. The van der Waals surface area contributed by atoms with Crippen molar-refractivity contribution in [1.82, 2.24) is 9.88 Å². The molecule has 1 saturated heterocycles. The lowest BCUT2D eigenvalue weighted by atomic mass is 10.1. The van der Waals surface area contributed by atoms with Crippen molar-refractivity contribution in [2.75, 3.05) is 11.4 Å². The van der Waals surface area contributed by atoms with Crippen LogP contribution in [-0.4, -0.2) is 40.2 Å². The molecule has 0 saturated carbocycles. The Morgan fingerprint density at radius 1 is 0.971 bits per heavy atom. The summed E-state index contributed by atoms with van der Waals surface area (Å²) in [5.74, 6) is -1.67. The highest BCUT2D eigenvalue weighted by Crippen LogP contribution is 2.27. The van der Waals surface area contributed by atoms with E-state index in [0.29, 0.717) is 12.1 Å². The van der Waals surface area contributed by atoms with Crippen LogP contribution in [0.2, 0.25) is 0 Å². The summed E-state index contributed by atoms with van der Waals surface area (Å²) >= 11 is 0. The molecule has 7 heteroatoms. The molecule has 1 unspecified atom stereocenters. The van der Waals surface area contributed by atoms with Crippen molar-refractivity contribution in [1.29, 1.82) is 0 Å². The van der Waals surface area contributed by atoms with Crippen LogP contribution in [0.25, 0.3) is 10.9 Å². The van der Waals surface area contributed by atoms with Gasteiger partial charge < -0.3 is 9.88 Å². The molecule has 0 spiro atoms. The van der Waals surface area contributed by atoms with Crippen LogP contribution in [0.1, 0.15) is 22.3 Å². The van der Waals surface area contributed by atoms with E-state index in [9.17, 15) is 18.8 Å². The molecule has 5 rings (SSSR count). The van der Waals surface area contributed by atoms with Gasteiger partial charge in [0, 0.05) is 29.2 Å². The second-order valence-electron chi connectivity index (χ2n) is 8.24. The summed E-state index contributed by atoms with van der Waals surface area (Å²) in [6.07, 6.45) is 2.28. The van der Waals surface area contributed by atoms with E-state index in [1.807, 2.05) is 30.5 Å². The number of nitrogens with zero attached hydrogens (tertiary/aromatic N) is 2. The van der Waals surface area contributed by atoms with Gasteiger partial charge in [-0.25, -0.2) is 9.29 Å². The number of halogens is 1. The van der Waals surface area contributed by atoms with Gasteiger partial charge >= 0.3 is 0 Å². The van der Waals surface area contributed by atoms with E-state index < -0.39 is 23.7 Å². The van der Waals surface area contributed by atoms with Crippen molar-refractivity contribution in [2.24, 2.45) is 0 Å². The first-order valence-electron chi connectivity index (χ1n) is 11.1. The maximum Gasteiger partial charge on any atom is 0.257 e. The molecular weight excluding hydrogens is 433 g/mol. The Labute approximate surface area is 195 Å². The van der Waals surface area contributed by atoms with E-state index >= 15 is 0 Å². The molecule has 2 heterocycles. The van der Waals surface area contributed by atoms with Crippen molar-refractivity contribution in [2.45, 2.75) is 18.9 Å². The van der Waals surface area contributed by atoms with Crippen LogP contribution in [0, 0.1) is 5.82 Å². The second kappa shape index (κ2) is 8.94. The number of hydrogen-bond acceptors (Lipinski definition) is 3. The van der Waals surface area contributed by atoms with Crippen molar-refractivity contribution in [3.05, 3.63) is 102 Å². The average Bonchev–Trinajstić information content (AvgIpc) is 3.40. The zero-order valence-corrected chi connectivity index (χ0v) is 18.3. The Balaban J connectivity index is 1.46. The van der Waals surface area contributed by atoms with E-state index in [1.54, 1.807) is 30.3 Å². The lowest BCUT2D eigenvalue weighted by Crippen LogP contribution is -2.46. The molecule has 4 aromatic rings. The largest absolute Gasteiger partial charge is 0.361 e. The van der Waals surface area contributed by atoms with Crippen LogP contribution in [0.15, 0.2) is 85.1 Å². The standard InChI is InChI=1S/C27H22FN3O3/c28-20-12-10-18(11-13-20)26(33)30(15-14-19-17-29-23-9-5-4-8-22(19)23)24-16-25(32)31(27(24)34)21-6-2-1-3-7-21/h1-13,17,24,29H,14-16H2. The molecule has 170 valence electrons. The first-order valence-corrected chi connectivity index (χ1v) is 11.1. The highest BCUT2D eigenvalue weighted by Gasteiger charge is 2.44. The molecule has 6 nitrogen and oxygen atoms in total. The summed E-state index contributed by atoms with van der Waals surface area (Å²) < 4.78 is 13.5. The molecule has 1 aliphatic rings. The number of fused-ring (bicyclic) bond motifs is 1. The molecule has 0 aliphatic carbocycles. The van der Waals surface area contributed by atoms with Gasteiger partial charge in [0.2, 0.25) is 5.91 Å². The van der Waals surface area contributed by atoms with Crippen molar-refractivity contribution < 1.29 is 18.8 Å². The van der Waals surface area contributed by atoms with Crippen LogP contribution in [0.4, 0.5) is 10.1 Å². The summed E-state index contributed by atoms with van der Waals surface area (Å²) in [5, 5.41) is 1.04. The van der Waals surface area contributed by atoms with E-state index in [4.69, 9.17) is 0 Å². The smallest absolute Gasteiger partial charge is 0.257 e. The zero-order chi connectivity index (χ0) is 23.7. The number of carbonyl (C=O) groups is 3. The van der Waals surface area contributed by atoms with Crippen molar-refractivity contribution in [3.63, 3.8) is 0 Å². The lowest BCUT2D eigenvalue weighted by molar-refractivity contribution is -0.122. The second-order valence-corrected chi connectivity index (χ2v) is 8.24. The van der Waals surface area contributed by atoms with Gasteiger partial charge in [-0.05, 0) is 54.4 Å². The summed E-state index contributed by atoms with van der Waals surface area (Å²) in [6, 6.07) is 20.8. The van der Waals surface area contributed by atoms with Gasteiger partial charge in [-0.15, -0.1) is 0 Å². The van der Waals surface area contributed by atoms with Crippen LogP contribution < -0.4 is 4.90 Å². The first kappa shape index (κ1) is 21.6. The van der Waals surface area contributed by atoms with Crippen LogP contribution in [-0.2, 0) is 16.0 Å². The number of nitrogens with one attached hydrogen (secondary N) is 1. The quantitative estimate of drug-likeness (QED) is 0.440. The summed E-state index contributed by atoms with van der Waals surface area (Å²) in [4.78, 5) is 45.5. The molecular formula is C27H22FN3O3. The third-order valence-corrected chi connectivity index (χ3v) is 6.16. The summed E-state index contributed by atoms with van der Waals surface area (Å²) in [6.45, 7) is 0.227. The van der Waals surface area contributed by atoms with Crippen LogP contribution in [0.5, 0.6) is 0 Å². The molecule has 1 fully saturated rings. The predicted octanol–water partition coefficient (Wildman–Crippen LogP) is 4.32. The van der Waals surface area contributed by atoms with Gasteiger partial charge in [-0.1, -0.05) is 36.4 Å². The average molecular weight is 455 g/mol. The van der Waals surface area contributed by atoms with Crippen molar-refractivity contribution >= 4 is 34.3 Å². The fraction of sp³-hybridized carbons (Fsp3) is 0.148. The van der Waals surface area contributed by atoms with Crippen molar-refractivity contribution in [3.8, 4) is 0 Å². The molecule has 0 bridgehead atoms. The van der Waals surface area contributed by atoms with E-state index in [2.05, 4.69) is 4.98 Å².